The van der Waals surface area contributed by atoms with Crippen molar-refractivity contribution in [3.05, 3.63) is 60.3 Å². The summed E-state index contributed by atoms with van der Waals surface area (Å²) in [5, 5.41) is 2.37. The van der Waals surface area contributed by atoms with Crippen molar-refractivity contribution in [2.75, 3.05) is 24.2 Å². The van der Waals surface area contributed by atoms with Gasteiger partial charge in [-0.05, 0) is 32.0 Å². The number of halogens is 3. The van der Waals surface area contributed by atoms with Crippen molar-refractivity contribution in [2.45, 2.75) is 43.7 Å². The molecule has 0 saturated carbocycles. The molecule has 12 heteroatoms. The highest BCUT2D eigenvalue weighted by Crippen LogP contribution is 2.34. The number of fused-ring (bicyclic) bond motifs is 1. The minimum absolute atomic E-state index is 0.124. The molecule has 1 N–H and O–H groups in total. The average Bonchev–Trinajstić information content (AvgIpc) is 3.17. The Morgan fingerprint density at radius 3 is 2.32 bits per heavy atom. The molecule has 1 aliphatic heterocycles. The largest absolute Gasteiger partial charge is 0.418 e. The van der Waals surface area contributed by atoms with Crippen LogP contribution < -0.4 is 5.32 Å². The quantitative estimate of drug-likeness (QED) is 0.517. The summed E-state index contributed by atoms with van der Waals surface area (Å²) >= 11 is 0. The first-order valence-corrected chi connectivity index (χ1v) is 13.2. The average molecular weight is 538 g/mol. The van der Waals surface area contributed by atoms with E-state index in [4.69, 9.17) is 4.74 Å². The number of hydrogen-bond acceptors (Lipinski definition) is 5. The van der Waals surface area contributed by atoms with Crippen LogP contribution >= 0.6 is 0 Å². The zero-order valence-corrected chi connectivity index (χ0v) is 21.0. The van der Waals surface area contributed by atoms with E-state index >= 15 is 0 Å². The van der Waals surface area contributed by atoms with E-state index in [1.165, 1.54) is 22.9 Å². The van der Waals surface area contributed by atoms with Crippen molar-refractivity contribution < 1.29 is 35.9 Å². The Labute approximate surface area is 211 Å². The monoisotopic (exact) mass is 537 g/mol. The molecule has 2 amide bonds. The van der Waals surface area contributed by atoms with Crippen molar-refractivity contribution >= 4 is 38.2 Å². The fraction of sp³-hybridized carbons (Fsp3) is 0.360. The van der Waals surface area contributed by atoms with Crippen LogP contribution in [0.3, 0.4) is 0 Å². The van der Waals surface area contributed by atoms with Crippen LogP contribution in [-0.2, 0) is 36.9 Å². The minimum atomic E-state index is -4.72. The Morgan fingerprint density at radius 1 is 1.03 bits per heavy atom. The maximum Gasteiger partial charge on any atom is 0.418 e. The Morgan fingerprint density at radius 2 is 1.65 bits per heavy atom. The summed E-state index contributed by atoms with van der Waals surface area (Å²) in [5.41, 5.74) is -1.13. The van der Waals surface area contributed by atoms with Gasteiger partial charge in [0.05, 0.1) is 28.4 Å². The number of nitrogens with zero attached hydrogens (tertiary/aromatic N) is 2. The van der Waals surface area contributed by atoms with Gasteiger partial charge in [-0.25, -0.2) is 8.42 Å². The number of hydrogen-bond donors (Lipinski definition) is 1. The Kier molecular flexibility index (Phi) is 7.33. The van der Waals surface area contributed by atoms with Crippen molar-refractivity contribution in [3.63, 3.8) is 0 Å². The lowest BCUT2D eigenvalue weighted by Crippen LogP contribution is -2.49. The molecule has 4 rings (SSSR count). The van der Waals surface area contributed by atoms with Gasteiger partial charge in [0, 0.05) is 30.2 Å². The van der Waals surface area contributed by atoms with E-state index in [-0.39, 0.29) is 29.6 Å². The number of morpholine rings is 1. The Balaban J connectivity index is 1.58. The highest BCUT2D eigenvalue weighted by Gasteiger charge is 2.34. The molecule has 8 nitrogen and oxygen atoms in total. The maximum atomic E-state index is 13.3. The van der Waals surface area contributed by atoms with Gasteiger partial charge in [-0.15, -0.1) is 0 Å². The third-order valence-electron chi connectivity index (χ3n) is 5.99. The molecule has 1 saturated heterocycles. The summed E-state index contributed by atoms with van der Waals surface area (Å²) in [7, 11) is -4.27. The molecule has 2 heterocycles. The van der Waals surface area contributed by atoms with Crippen molar-refractivity contribution in [1.82, 2.24) is 9.47 Å². The summed E-state index contributed by atoms with van der Waals surface area (Å²) in [6.07, 6.45) is -3.70. The van der Waals surface area contributed by atoms with Crippen LogP contribution in [0.1, 0.15) is 19.4 Å². The second kappa shape index (κ2) is 10.2. The summed E-state index contributed by atoms with van der Waals surface area (Å²) in [6, 6.07) is 10.9. The van der Waals surface area contributed by atoms with E-state index in [0.717, 1.165) is 12.1 Å². The van der Waals surface area contributed by atoms with Gasteiger partial charge in [-0.3, -0.25) is 9.59 Å². The molecule has 198 valence electrons. The lowest BCUT2D eigenvalue weighted by Gasteiger charge is -2.35. The van der Waals surface area contributed by atoms with E-state index in [0.29, 0.717) is 24.0 Å². The van der Waals surface area contributed by atoms with Crippen LogP contribution in [0.2, 0.25) is 0 Å². The number of aromatic nitrogens is 1. The number of sulfone groups is 1. The molecule has 2 unspecified atom stereocenters. The van der Waals surface area contributed by atoms with Gasteiger partial charge in [0.2, 0.25) is 11.8 Å². The maximum absolute atomic E-state index is 13.3. The number of alkyl halides is 3. The highest BCUT2D eigenvalue weighted by atomic mass is 32.2. The van der Waals surface area contributed by atoms with Crippen molar-refractivity contribution in [2.24, 2.45) is 0 Å². The van der Waals surface area contributed by atoms with Gasteiger partial charge in [0.1, 0.15) is 12.3 Å². The molecule has 1 aliphatic rings. The fourth-order valence-corrected chi connectivity index (χ4v) is 5.86. The molecule has 0 spiro atoms. The van der Waals surface area contributed by atoms with Gasteiger partial charge in [0.15, 0.2) is 9.84 Å². The van der Waals surface area contributed by atoms with Crippen LogP contribution in [0, 0.1) is 0 Å². The van der Waals surface area contributed by atoms with Gasteiger partial charge in [0.25, 0.3) is 0 Å². The summed E-state index contributed by atoms with van der Waals surface area (Å²) in [4.78, 5) is 27.0. The number of para-hydroxylation sites is 2. The van der Waals surface area contributed by atoms with Crippen molar-refractivity contribution in [1.29, 1.82) is 0 Å². The van der Waals surface area contributed by atoms with Gasteiger partial charge >= 0.3 is 6.18 Å². The normalized spacial score (nSPS) is 18.7. The first-order valence-electron chi connectivity index (χ1n) is 11.5. The van der Waals surface area contributed by atoms with Crippen LogP contribution in [-0.4, -0.2) is 60.7 Å². The highest BCUT2D eigenvalue weighted by molar-refractivity contribution is 7.92. The molecule has 2 atom stereocenters. The molecular formula is C25H26F3N3O5S. The number of anilines is 1. The number of ether oxygens (including phenoxy) is 1. The zero-order chi connectivity index (χ0) is 27.0. The van der Waals surface area contributed by atoms with Crippen molar-refractivity contribution in [3.8, 4) is 0 Å². The lowest BCUT2D eigenvalue weighted by molar-refractivity contribution is -0.143. The van der Waals surface area contributed by atoms with E-state index in [2.05, 4.69) is 5.32 Å². The molecule has 0 bridgehead atoms. The van der Waals surface area contributed by atoms with Crippen LogP contribution in [0.4, 0.5) is 18.9 Å². The number of benzene rings is 2. The molecule has 37 heavy (non-hydrogen) atoms. The van der Waals surface area contributed by atoms with Crippen LogP contribution in [0.15, 0.2) is 59.6 Å². The summed E-state index contributed by atoms with van der Waals surface area (Å²) < 4.78 is 73.3. The summed E-state index contributed by atoms with van der Waals surface area (Å²) in [5.74, 6) is -2.39. The molecule has 1 fully saturated rings. The third kappa shape index (κ3) is 5.96. The predicted molar refractivity (Wildman–Crippen MR) is 131 cm³/mol. The van der Waals surface area contributed by atoms with Gasteiger partial charge in [-0.2, -0.15) is 13.2 Å². The first-order chi connectivity index (χ1) is 17.3. The smallest absolute Gasteiger partial charge is 0.372 e. The van der Waals surface area contributed by atoms with E-state index in [9.17, 15) is 31.2 Å². The van der Waals surface area contributed by atoms with E-state index in [1.54, 1.807) is 29.2 Å². The SMILES string of the molecule is CC1CN(C(=O)Cn2cc(S(=O)(=O)CC(=O)Nc3ccccc3C(F)(F)F)c3ccccc32)CC(C)O1. The summed E-state index contributed by atoms with van der Waals surface area (Å²) in [6.45, 7) is 4.43. The van der Waals surface area contributed by atoms with Crippen LogP contribution in [0.25, 0.3) is 10.9 Å². The van der Waals surface area contributed by atoms with Gasteiger partial charge < -0.3 is 19.5 Å². The second-order valence-corrected chi connectivity index (χ2v) is 11.0. The van der Waals surface area contributed by atoms with Crippen LogP contribution in [0.5, 0.6) is 0 Å². The minimum Gasteiger partial charge on any atom is -0.372 e. The number of carbonyl (C=O) groups excluding carboxylic acids is 2. The Hall–Kier alpha value is -3.38. The molecular weight excluding hydrogens is 511 g/mol. The number of nitrogens with one attached hydrogen (secondary N) is 1. The van der Waals surface area contributed by atoms with E-state index < -0.39 is 38.9 Å². The molecule has 0 aliphatic carbocycles. The predicted octanol–water partition coefficient (Wildman–Crippen LogP) is 3.71. The number of amides is 2. The molecule has 3 aromatic rings. The third-order valence-corrected chi connectivity index (χ3v) is 7.63. The molecule has 1 aromatic heterocycles. The zero-order valence-electron chi connectivity index (χ0n) is 20.2. The fourth-order valence-electron chi connectivity index (χ4n) is 4.49. The molecule has 2 aromatic carbocycles. The number of carbonyl (C=O) groups is 2. The Bertz CT molecular complexity index is 1420. The lowest BCUT2D eigenvalue weighted by atomic mass is 10.1. The second-order valence-electron chi connectivity index (χ2n) is 9.05. The topological polar surface area (TPSA) is 97.7 Å². The molecule has 0 radical (unpaired) electrons. The van der Waals surface area contributed by atoms with Gasteiger partial charge in [-0.1, -0.05) is 30.3 Å². The standard InChI is InChI=1S/C25H26F3N3O5S/c1-16-11-31(12-17(2)36-16)24(33)14-30-13-22(18-7-3-6-10-21(18)30)37(34,35)15-23(32)29-20-9-5-4-8-19(20)25(26,27)28/h3-10,13,16-17H,11-12,14-15H2,1-2H3,(H,29,32). The van der Waals surface area contributed by atoms with E-state index in [1.807, 2.05) is 13.8 Å². The number of rotatable bonds is 6. The first kappa shape index (κ1) is 26.7.